The van der Waals surface area contributed by atoms with Crippen LogP contribution in [0.3, 0.4) is 0 Å². The van der Waals surface area contributed by atoms with Crippen LogP contribution in [0.5, 0.6) is 0 Å². The maximum absolute atomic E-state index is 11.9. The quantitative estimate of drug-likeness (QED) is 0.310. The number of benzene rings is 2. The molecule has 0 fully saturated rings. The largest absolute Gasteiger partial charge is 0.460 e. The summed E-state index contributed by atoms with van der Waals surface area (Å²) in [7, 11) is -3.76. The molecule has 146 valence electrons. The van der Waals surface area contributed by atoms with Crippen molar-refractivity contribution < 1.29 is 31.6 Å². The Balaban J connectivity index is 1.46. The van der Waals surface area contributed by atoms with Crippen LogP contribution in [0.1, 0.15) is 10.4 Å². The van der Waals surface area contributed by atoms with Crippen molar-refractivity contribution >= 4 is 16.1 Å². The molecule has 0 N–H and O–H groups in total. The zero-order valence-corrected chi connectivity index (χ0v) is 15.6. The third-order valence-corrected chi connectivity index (χ3v) is 4.67. The van der Waals surface area contributed by atoms with E-state index in [2.05, 4.69) is 0 Å². The lowest BCUT2D eigenvalue weighted by Gasteiger charge is -2.08. The minimum absolute atomic E-state index is 0.0775. The van der Waals surface area contributed by atoms with Crippen LogP contribution in [0.15, 0.2) is 65.6 Å². The number of esters is 1. The Bertz CT molecular complexity index is 776. The molecular weight excluding hydrogens is 372 g/mol. The molecule has 0 atom stereocenters. The third kappa shape index (κ3) is 7.88. The number of carbonyl (C=O) groups excluding carboxylic acids is 1. The first-order valence-electron chi connectivity index (χ1n) is 8.42. The van der Waals surface area contributed by atoms with E-state index in [1.807, 2.05) is 6.07 Å². The van der Waals surface area contributed by atoms with Gasteiger partial charge in [-0.25, -0.2) is 4.79 Å². The molecule has 7 nitrogen and oxygen atoms in total. The molecule has 0 amide bonds. The van der Waals surface area contributed by atoms with E-state index in [9.17, 15) is 13.2 Å². The first-order valence-corrected chi connectivity index (χ1v) is 9.82. The lowest BCUT2D eigenvalue weighted by atomic mass is 10.2. The number of carbonyl (C=O) groups is 1. The molecule has 2 aromatic rings. The number of ether oxygens (including phenoxy) is 3. The van der Waals surface area contributed by atoms with E-state index in [-0.39, 0.29) is 37.9 Å². The molecule has 0 heterocycles. The SMILES string of the molecule is O=C(OCCOCCOCCOS(=O)(=O)c1ccccc1)c1ccccc1. The summed E-state index contributed by atoms with van der Waals surface area (Å²) in [6.07, 6.45) is 0. The van der Waals surface area contributed by atoms with Gasteiger partial charge in [-0.05, 0) is 24.3 Å². The Kier molecular flexibility index (Phi) is 8.93. The van der Waals surface area contributed by atoms with E-state index in [4.69, 9.17) is 18.4 Å². The fourth-order valence-electron chi connectivity index (χ4n) is 2.03. The molecule has 8 heteroatoms. The van der Waals surface area contributed by atoms with Gasteiger partial charge in [0.05, 0.1) is 43.5 Å². The molecule has 0 saturated heterocycles. The highest BCUT2D eigenvalue weighted by molar-refractivity contribution is 7.86. The molecule has 0 unspecified atom stereocenters. The van der Waals surface area contributed by atoms with Gasteiger partial charge in [-0.3, -0.25) is 4.18 Å². The van der Waals surface area contributed by atoms with E-state index in [1.54, 1.807) is 42.5 Å². The van der Waals surface area contributed by atoms with Crippen molar-refractivity contribution in [2.45, 2.75) is 4.90 Å². The Morgan fingerprint density at radius 3 is 1.85 bits per heavy atom. The van der Waals surface area contributed by atoms with Crippen LogP contribution < -0.4 is 0 Å². The molecule has 0 aromatic heterocycles. The topological polar surface area (TPSA) is 88.1 Å². The van der Waals surface area contributed by atoms with Gasteiger partial charge in [0.2, 0.25) is 0 Å². The number of hydrogen-bond donors (Lipinski definition) is 0. The van der Waals surface area contributed by atoms with E-state index in [0.29, 0.717) is 12.2 Å². The molecule has 0 radical (unpaired) electrons. The molecule has 0 aliphatic heterocycles. The van der Waals surface area contributed by atoms with Gasteiger partial charge in [-0.2, -0.15) is 8.42 Å². The van der Waals surface area contributed by atoms with Gasteiger partial charge in [-0.1, -0.05) is 36.4 Å². The van der Waals surface area contributed by atoms with Crippen molar-refractivity contribution in [1.29, 1.82) is 0 Å². The maximum Gasteiger partial charge on any atom is 0.338 e. The van der Waals surface area contributed by atoms with Crippen molar-refractivity contribution in [2.75, 3.05) is 39.6 Å². The van der Waals surface area contributed by atoms with Gasteiger partial charge in [0.1, 0.15) is 6.61 Å². The summed E-state index contributed by atoms with van der Waals surface area (Å²) in [6.45, 7) is 1.02. The molecule has 2 rings (SSSR count). The zero-order chi connectivity index (χ0) is 19.4. The second-order valence-electron chi connectivity index (χ2n) is 5.32. The minimum atomic E-state index is -3.76. The van der Waals surface area contributed by atoms with E-state index < -0.39 is 16.1 Å². The fraction of sp³-hybridized carbons (Fsp3) is 0.316. The Labute approximate surface area is 158 Å². The third-order valence-electron chi connectivity index (χ3n) is 3.34. The molecule has 2 aromatic carbocycles. The number of hydrogen-bond acceptors (Lipinski definition) is 7. The van der Waals surface area contributed by atoms with Crippen molar-refractivity contribution in [3.8, 4) is 0 Å². The molecule has 0 aliphatic rings. The van der Waals surface area contributed by atoms with Crippen molar-refractivity contribution in [2.24, 2.45) is 0 Å². The summed E-state index contributed by atoms with van der Waals surface area (Å²) < 4.78 is 44.2. The average molecular weight is 394 g/mol. The highest BCUT2D eigenvalue weighted by atomic mass is 32.2. The summed E-state index contributed by atoms with van der Waals surface area (Å²) in [6, 6.07) is 16.6. The van der Waals surface area contributed by atoms with E-state index in [1.165, 1.54) is 12.1 Å². The second-order valence-corrected chi connectivity index (χ2v) is 6.93. The highest BCUT2D eigenvalue weighted by Gasteiger charge is 2.13. The average Bonchev–Trinajstić information content (AvgIpc) is 2.70. The molecular formula is C19H22O7S. The van der Waals surface area contributed by atoms with E-state index >= 15 is 0 Å². The predicted octanol–water partition coefficient (Wildman–Crippen LogP) is 2.28. The van der Waals surface area contributed by atoms with Crippen LogP contribution in [-0.4, -0.2) is 54.0 Å². The van der Waals surface area contributed by atoms with Gasteiger partial charge in [-0.15, -0.1) is 0 Å². The first-order chi connectivity index (χ1) is 13.1. The highest BCUT2D eigenvalue weighted by Crippen LogP contribution is 2.10. The first kappa shape index (κ1) is 21.0. The van der Waals surface area contributed by atoms with Crippen molar-refractivity contribution in [3.63, 3.8) is 0 Å². The summed E-state index contributed by atoms with van der Waals surface area (Å²) in [5.41, 5.74) is 0.492. The normalized spacial score (nSPS) is 11.3. The van der Waals surface area contributed by atoms with Crippen LogP contribution >= 0.6 is 0 Å². The van der Waals surface area contributed by atoms with Gasteiger partial charge >= 0.3 is 5.97 Å². The van der Waals surface area contributed by atoms with Crippen molar-refractivity contribution in [1.82, 2.24) is 0 Å². The van der Waals surface area contributed by atoms with Gasteiger partial charge in [0, 0.05) is 0 Å². The predicted molar refractivity (Wildman–Crippen MR) is 97.9 cm³/mol. The van der Waals surface area contributed by atoms with Crippen LogP contribution in [-0.2, 0) is 28.5 Å². The van der Waals surface area contributed by atoms with Crippen LogP contribution in [0.25, 0.3) is 0 Å². The summed E-state index contributed by atoms with van der Waals surface area (Å²) in [4.78, 5) is 11.8. The molecule has 0 bridgehead atoms. The minimum Gasteiger partial charge on any atom is -0.460 e. The van der Waals surface area contributed by atoms with E-state index in [0.717, 1.165) is 0 Å². The lowest BCUT2D eigenvalue weighted by Crippen LogP contribution is -2.15. The smallest absolute Gasteiger partial charge is 0.338 e. The molecule has 0 aliphatic carbocycles. The Morgan fingerprint density at radius 1 is 0.704 bits per heavy atom. The lowest BCUT2D eigenvalue weighted by molar-refractivity contribution is 0.0108. The fourth-order valence-corrected chi connectivity index (χ4v) is 2.94. The number of rotatable bonds is 12. The van der Waals surface area contributed by atoms with Gasteiger partial charge < -0.3 is 14.2 Å². The van der Waals surface area contributed by atoms with Crippen LogP contribution in [0, 0.1) is 0 Å². The summed E-state index contributed by atoms with van der Waals surface area (Å²) >= 11 is 0. The Morgan fingerprint density at radius 2 is 1.22 bits per heavy atom. The standard InChI is InChI=1S/C19H22O7S/c20-19(17-7-3-1-4-8-17)25-15-13-23-11-12-24-14-16-26-27(21,22)18-9-5-2-6-10-18/h1-10H,11-16H2. The second kappa shape index (κ2) is 11.5. The summed E-state index contributed by atoms with van der Waals surface area (Å²) in [5, 5.41) is 0. The Hall–Kier alpha value is -2.26. The van der Waals surface area contributed by atoms with Crippen LogP contribution in [0.2, 0.25) is 0 Å². The molecule has 27 heavy (non-hydrogen) atoms. The van der Waals surface area contributed by atoms with Crippen LogP contribution in [0.4, 0.5) is 0 Å². The van der Waals surface area contributed by atoms with Crippen molar-refractivity contribution in [3.05, 3.63) is 66.2 Å². The summed E-state index contributed by atoms with van der Waals surface area (Å²) in [5.74, 6) is -0.396. The van der Waals surface area contributed by atoms with Gasteiger partial charge in [0.25, 0.3) is 10.1 Å². The monoisotopic (exact) mass is 394 g/mol. The molecule has 0 spiro atoms. The maximum atomic E-state index is 11.9. The zero-order valence-electron chi connectivity index (χ0n) is 14.8. The molecule has 0 saturated carbocycles. The van der Waals surface area contributed by atoms with Gasteiger partial charge in [0.15, 0.2) is 0 Å².